The second-order valence-electron chi connectivity index (χ2n) is 4.25. The maximum atomic E-state index is 5.40. The van der Waals surface area contributed by atoms with Crippen LogP contribution in [0.1, 0.15) is 0 Å². The van der Waals surface area contributed by atoms with Crippen LogP contribution >= 0.6 is 15.9 Å². The number of methoxy groups -OCH3 is 1. The van der Waals surface area contributed by atoms with E-state index in [4.69, 9.17) is 4.74 Å². The molecular formula is C14H13BrN4O. The van der Waals surface area contributed by atoms with Crippen LogP contribution in [0, 0.1) is 0 Å². The highest BCUT2D eigenvalue weighted by Crippen LogP contribution is 2.31. The molecule has 3 aromatic rings. The number of aromatic nitrogens is 3. The molecule has 0 saturated carbocycles. The van der Waals surface area contributed by atoms with E-state index in [0.29, 0.717) is 5.65 Å². The fourth-order valence-corrected chi connectivity index (χ4v) is 2.36. The van der Waals surface area contributed by atoms with Gasteiger partial charge < -0.3 is 15.0 Å². The number of anilines is 1. The summed E-state index contributed by atoms with van der Waals surface area (Å²) in [5.41, 5.74) is 2.47. The van der Waals surface area contributed by atoms with Gasteiger partial charge in [-0.1, -0.05) is 15.9 Å². The molecule has 0 unspecified atom stereocenters. The van der Waals surface area contributed by atoms with Gasteiger partial charge in [0.1, 0.15) is 17.4 Å². The first-order chi connectivity index (χ1) is 9.71. The number of fused-ring (bicyclic) bond motifs is 1. The number of aromatic amines is 1. The fraction of sp³-hybridized carbons (Fsp3) is 0.143. The Kier molecular flexibility index (Phi) is 3.31. The average molecular weight is 333 g/mol. The Morgan fingerprint density at radius 2 is 2.05 bits per heavy atom. The minimum Gasteiger partial charge on any atom is -0.496 e. The van der Waals surface area contributed by atoms with E-state index in [-0.39, 0.29) is 0 Å². The van der Waals surface area contributed by atoms with Gasteiger partial charge in [0.25, 0.3) is 0 Å². The second kappa shape index (κ2) is 5.13. The molecule has 20 heavy (non-hydrogen) atoms. The highest BCUT2D eigenvalue weighted by Gasteiger charge is 2.12. The van der Waals surface area contributed by atoms with Gasteiger partial charge in [0.15, 0.2) is 5.65 Å². The van der Waals surface area contributed by atoms with E-state index in [0.717, 1.165) is 32.9 Å². The number of imidazole rings is 1. The van der Waals surface area contributed by atoms with Crippen LogP contribution in [0.2, 0.25) is 0 Å². The Bertz CT molecular complexity index is 769. The van der Waals surface area contributed by atoms with E-state index in [1.807, 2.05) is 37.4 Å². The van der Waals surface area contributed by atoms with Crippen LogP contribution in [0.25, 0.3) is 22.6 Å². The number of H-pyrrole nitrogens is 1. The van der Waals surface area contributed by atoms with Crippen molar-refractivity contribution >= 4 is 32.9 Å². The summed E-state index contributed by atoms with van der Waals surface area (Å²) in [5, 5.41) is 3.00. The van der Waals surface area contributed by atoms with Crippen LogP contribution in [0.4, 0.5) is 5.82 Å². The Morgan fingerprint density at radius 3 is 2.80 bits per heavy atom. The Hall–Kier alpha value is -2.08. The number of halogens is 1. The molecule has 2 aromatic heterocycles. The molecule has 0 aliphatic carbocycles. The van der Waals surface area contributed by atoms with Crippen LogP contribution in [-0.4, -0.2) is 29.1 Å². The summed E-state index contributed by atoms with van der Waals surface area (Å²) in [6.07, 6.45) is 0. The average Bonchev–Trinajstić information content (AvgIpc) is 2.89. The molecule has 6 heteroatoms. The lowest BCUT2D eigenvalue weighted by Crippen LogP contribution is -1.91. The van der Waals surface area contributed by atoms with Crippen molar-refractivity contribution in [2.45, 2.75) is 0 Å². The molecule has 0 amide bonds. The third kappa shape index (κ3) is 2.22. The largest absolute Gasteiger partial charge is 0.496 e. The SMILES string of the molecule is CNc1ccc2[nH]c(-c3ccc(Br)cc3OC)nc2n1. The molecule has 2 heterocycles. The van der Waals surface area contributed by atoms with Crippen molar-refractivity contribution in [3.63, 3.8) is 0 Å². The van der Waals surface area contributed by atoms with Crippen molar-refractivity contribution in [2.24, 2.45) is 0 Å². The summed E-state index contributed by atoms with van der Waals surface area (Å²) in [6.45, 7) is 0. The van der Waals surface area contributed by atoms with Crippen molar-refractivity contribution in [1.29, 1.82) is 0 Å². The molecule has 0 aliphatic rings. The third-order valence-electron chi connectivity index (χ3n) is 3.02. The Labute approximate surface area is 124 Å². The molecular weight excluding hydrogens is 320 g/mol. The molecule has 102 valence electrons. The maximum Gasteiger partial charge on any atom is 0.180 e. The van der Waals surface area contributed by atoms with Gasteiger partial charge in [-0.2, -0.15) is 0 Å². The molecule has 0 bridgehead atoms. The molecule has 0 radical (unpaired) electrons. The summed E-state index contributed by atoms with van der Waals surface area (Å²) in [7, 11) is 3.48. The number of hydrogen-bond donors (Lipinski definition) is 2. The fourth-order valence-electron chi connectivity index (χ4n) is 2.02. The smallest absolute Gasteiger partial charge is 0.180 e. The van der Waals surface area contributed by atoms with E-state index >= 15 is 0 Å². The number of nitrogens with zero attached hydrogens (tertiary/aromatic N) is 2. The highest BCUT2D eigenvalue weighted by molar-refractivity contribution is 9.10. The first-order valence-corrected chi connectivity index (χ1v) is 6.89. The van der Waals surface area contributed by atoms with Crippen LogP contribution in [0.5, 0.6) is 5.75 Å². The topological polar surface area (TPSA) is 62.8 Å². The molecule has 0 atom stereocenters. The zero-order valence-corrected chi connectivity index (χ0v) is 12.7. The quantitative estimate of drug-likeness (QED) is 0.771. The lowest BCUT2D eigenvalue weighted by Gasteiger charge is -2.06. The Balaban J connectivity index is 2.14. The van der Waals surface area contributed by atoms with Gasteiger partial charge in [-0.15, -0.1) is 0 Å². The molecule has 0 saturated heterocycles. The van der Waals surface area contributed by atoms with Crippen molar-refractivity contribution in [3.8, 4) is 17.1 Å². The normalized spacial score (nSPS) is 10.8. The zero-order chi connectivity index (χ0) is 14.1. The van der Waals surface area contributed by atoms with E-state index in [1.54, 1.807) is 7.11 Å². The van der Waals surface area contributed by atoms with Gasteiger partial charge in [-0.25, -0.2) is 9.97 Å². The van der Waals surface area contributed by atoms with E-state index in [1.165, 1.54) is 0 Å². The molecule has 2 N–H and O–H groups in total. The highest BCUT2D eigenvalue weighted by atomic mass is 79.9. The van der Waals surface area contributed by atoms with Crippen LogP contribution in [0.3, 0.4) is 0 Å². The monoisotopic (exact) mass is 332 g/mol. The van der Waals surface area contributed by atoms with E-state index in [2.05, 4.69) is 36.2 Å². The van der Waals surface area contributed by atoms with Gasteiger partial charge in [0.05, 0.1) is 18.2 Å². The second-order valence-corrected chi connectivity index (χ2v) is 5.16. The van der Waals surface area contributed by atoms with Gasteiger partial charge >= 0.3 is 0 Å². The summed E-state index contributed by atoms with van der Waals surface area (Å²) >= 11 is 3.43. The maximum absolute atomic E-state index is 5.40. The number of benzene rings is 1. The van der Waals surface area contributed by atoms with Gasteiger partial charge in [-0.05, 0) is 30.3 Å². The Morgan fingerprint density at radius 1 is 1.20 bits per heavy atom. The molecule has 5 nitrogen and oxygen atoms in total. The molecule has 0 spiro atoms. The van der Waals surface area contributed by atoms with E-state index < -0.39 is 0 Å². The number of ether oxygens (including phenoxy) is 1. The van der Waals surface area contributed by atoms with Crippen molar-refractivity contribution in [3.05, 3.63) is 34.8 Å². The van der Waals surface area contributed by atoms with Gasteiger partial charge in [-0.3, -0.25) is 0 Å². The summed E-state index contributed by atoms with van der Waals surface area (Å²) in [5.74, 6) is 2.29. The lowest BCUT2D eigenvalue weighted by atomic mass is 10.2. The minimum absolute atomic E-state index is 0.678. The number of hydrogen-bond acceptors (Lipinski definition) is 4. The van der Waals surface area contributed by atoms with Gasteiger partial charge in [0.2, 0.25) is 0 Å². The van der Waals surface area contributed by atoms with Crippen molar-refractivity contribution < 1.29 is 4.74 Å². The summed E-state index contributed by atoms with van der Waals surface area (Å²) in [6, 6.07) is 9.69. The predicted molar refractivity (Wildman–Crippen MR) is 83.1 cm³/mol. The van der Waals surface area contributed by atoms with Crippen LogP contribution in [0.15, 0.2) is 34.8 Å². The van der Waals surface area contributed by atoms with E-state index in [9.17, 15) is 0 Å². The summed E-state index contributed by atoms with van der Waals surface area (Å²) in [4.78, 5) is 12.2. The number of nitrogens with one attached hydrogen (secondary N) is 2. The molecule has 1 aromatic carbocycles. The third-order valence-corrected chi connectivity index (χ3v) is 3.51. The minimum atomic E-state index is 0.678. The molecule has 0 fully saturated rings. The molecule has 0 aliphatic heterocycles. The van der Waals surface area contributed by atoms with Gasteiger partial charge in [0, 0.05) is 11.5 Å². The summed E-state index contributed by atoms with van der Waals surface area (Å²) < 4.78 is 6.36. The standard InChI is InChI=1S/C14H13BrN4O/c1-16-12-6-5-10-14(18-12)19-13(17-10)9-4-3-8(15)7-11(9)20-2/h3-7H,1-2H3,(H2,16,17,18,19). The first-order valence-electron chi connectivity index (χ1n) is 6.09. The number of pyridine rings is 1. The lowest BCUT2D eigenvalue weighted by molar-refractivity contribution is 0.416. The zero-order valence-electron chi connectivity index (χ0n) is 11.1. The van der Waals surface area contributed by atoms with Crippen LogP contribution in [-0.2, 0) is 0 Å². The van der Waals surface area contributed by atoms with Crippen molar-refractivity contribution in [2.75, 3.05) is 19.5 Å². The van der Waals surface area contributed by atoms with Crippen LogP contribution < -0.4 is 10.1 Å². The van der Waals surface area contributed by atoms with Crippen molar-refractivity contribution in [1.82, 2.24) is 15.0 Å². The molecule has 3 rings (SSSR count). The predicted octanol–water partition coefficient (Wildman–Crippen LogP) is 3.44. The first kappa shape index (κ1) is 12.9. The number of rotatable bonds is 3.